The predicted octanol–water partition coefficient (Wildman–Crippen LogP) is 6.30. The highest BCUT2D eigenvalue weighted by Gasteiger charge is 2.63. The van der Waals surface area contributed by atoms with Gasteiger partial charge in [0.25, 0.3) is 0 Å². The third-order valence-corrected chi connectivity index (χ3v) is 14.7. The Hall–Kier alpha value is -4.35. The van der Waals surface area contributed by atoms with Crippen molar-refractivity contribution in [3.05, 3.63) is 35.8 Å². The van der Waals surface area contributed by atoms with Crippen LogP contribution in [-0.4, -0.2) is 89.2 Å². The van der Waals surface area contributed by atoms with Gasteiger partial charge in [0.05, 0.1) is 53.2 Å². The second kappa shape index (κ2) is 15.9. The van der Waals surface area contributed by atoms with Gasteiger partial charge in [-0.05, 0) is 84.0 Å². The van der Waals surface area contributed by atoms with Gasteiger partial charge in [-0.1, -0.05) is 26.0 Å². The third-order valence-electron chi connectivity index (χ3n) is 12.6. The van der Waals surface area contributed by atoms with Crippen LogP contribution in [-0.2, 0) is 33.9 Å². The number of fused-ring (bicyclic) bond motifs is 3. The molecular formula is C41H52F4N4O9S. The lowest BCUT2D eigenvalue weighted by Gasteiger charge is -2.33. The largest absolute Gasteiger partial charge is 0.494 e. The van der Waals surface area contributed by atoms with Gasteiger partial charge in [-0.2, -0.15) is 13.2 Å². The fourth-order valence-corrected chi connectivity index (χ4v) is 9.54. The number of aryl methyl sites for hydroxylation is 1. The summed E-state index contributed by atoms with van der Waals surface area (Å²) in [4.78, 5) is 66.8. The van der Waals surface area contributed by atoms with Crippen molar-refractivity contribution in [2.24, 2.45) is 29.1 Å². The third kappa shape index (κ3) is 9.07. The zero-order chi connectivity index (χ0) is 43.5. The first-order valence-electron chi connectivity index (χ1n) is 19.9. The van der Waals surface area contributed by atoms with Crippen molar-refractivity contribution >= 4 is 44.6 Å². The maximum atomic E-state index is 14.8. The number of carbonyl (C=O) groups excluding carboxylic acids is 4. The minimum atomic E-state index is -4.89. The Morgan fingerprint density at radius 2 is 1.75 bits per heavy atom. The molecule has 0 spiro atoms. The summed E-state index contributed by atoms with van der Waals surface area (Å²) in [5.41, 5.74) is -3.52. The topological polar surface area (TPSA) is 171 Å². The summed E-state index contributed by atoms with van der Waals surface area (Å²) < 4.78 is 99.6. The van der Waals surface area contributed by atoms with Crippen LogP contribution in [0.5, 0.6) is 11.6 Å². The van der Waals surface area contributed by atoms with Crippen LogP contribution in [0.15, 0.2) is 24.3 Å². The van der Waals surface area contributed by atoms with E-state index in [1.807, 2.05) is 19.1 Å². The van der Waals surface area contributed by atoms with Crippen molar-refractivity contribution in [1.82, 2.24) is 19.6 Å². The maximum Gasteiger partial charge on any atom is 0.427 e. The fourth-order valence-electron chi connectivity index (χ4n) is 8.20. The first-order chi connectivity index (χ1) is 27.4. The van der Waals surface area contributed by atoms with Gasteiger partial charge in [0.15, 0.2) is 17.3 Å². The van der Waals surface area contributed by atoms with E-state index in [2.05, 4.69) is 14.7 Å². The molecule has 1 aromatic heterocycles. The molecule has 59 heavy (non-hydrogen) atoms. The lowest BCUT2D eigenvalue weighted by atomic mass is 9.82. The normalized spacial score (nSPS) is 29.4. The monoisotopic (exact) mass is 852 g/mol. The van der Waals surface area contributed by atoms with Gasteiger partial charge in [-0.3, -0.25) is 23.9 Å². The summed E-state index contributed by atoms with van der Waals surface area (Å²) in [6.07, 6.45) is -0.703. The summed E-state index contributed by atoms with van der Waals surface area (Å²) in [5, 5.41) is 0. The summed E-state index contributed by atoms with van der Waals surface area (Å²) in [6.45, 7) is 8.04. The second-order valence-corrected chi connectivity index (χ2v) is 19.9. The van der Waals surface area contributed by atoms with Crippen LogP contribution < -0.4 is 14.2 Å². The van der Waals surface area contributed by atoms with Gasteiger partial charge in [0, 0.05) is 25.0 Å². The molecule has 1 aromatic carbocycles. The Morgan fingerprint density at radius 1 is 1.07 bits per heavy atom. The Bertz CT molecular complexity index is 2160. The number of esters is 1. The quantitative estimate of drug-likeness (QED) is 0.171. The van der Waals surface area contributed by atoms with E-state index in [1.54, 1.807) is 20.8 Å². The highest BCUT2D eigenvalue weighted by Crippen LogP contribution is 2.58. The average molecular weight is 853 g/mol. The maximum absolute atomic E-state index is 14.8. The Balaban J connectivity index is 1.36. The zero-order valence-corrected chi connectivity index (χ0v) is 35.1. The molecule has 18 heteroatoms. The molecule has 2 aromatic rings. The molecule has 1 N–H and O–H groups in total. The van der Waals surface area contributed by atoms with E-state index in [1.165, 1.54) is 18.1 Å². The molecule has 3 fully saturated rings. The lowest BCUT2D eigenvalue weighted by molar-refractivity contribution is -0.257. The van der Waals surface area contributed by atoms with E-state index in [0.717, 1.165) is 19.9 Å². The van der Waals surface area contributed by atoms with Gasteiger partial charge in [0.2, 0.25) is 33.3 Å². The molecule has 2 saturated carbocycles. The number of alkyl halides is 3. The summed E-state index contributed by atoms with van der Waals surface area (Å²) in [6, 6.07) is 1.27. The van der Waals surface area contributed by atoms with Crippen LogP contribution in [0.4, 0.5) is 17.6 Å². The number of halogens is 4. The molecule has 4 aliphatic rings. The number of amides is 2. The molecule has 2 aliphatic carbocycles. The standard InChI is InChI=1S/C41H52F4N4O9S/c1-22-10-8-9-11-25-19-40(25,37(53)48-59(54,55)39(6)12-13-39)20-32(50)31-15-26(57-35-24(3)46-29-17-28(42)33(56-7)18-30(29)47-35)21-49(31)36(52)27(23(2)14-22)16-34(51)58-38(4,5)41(43,44)45/h9,11,17-18,22-23,25-27,31H,8,10,12-16,19-21H2,1-7H3,(H,48,53)/b11-9-/t22-,23-,25-,26-,27+,31+,40-/m1/s1. The van der Waals surface area contributed by atoms with Crippen molar-refractivity contribution in [2.45, 2.75) is 128 Å². The molecule has 13 nitrogen and oxygen atoms in total. The van der Waals surface area contributed by atoms with Crippen LogP contribution in [0.25, 0.3) is 11.0 Å². The molecular weight excluding hydrogens is 801 g/mol. The van der Waals surface area contributed by atoms with Gasteiger partial charge in [0.1, 0.15) is 11.8 Å². The molecule has 7 atom stereocenters. The van der Waals surface area contributed by atoms with E-state index in [9.17, 15) is 45.2 Å². The van der Waals surface area contributed by atoms with Crippen molar-refractivity contribution in [2.75, 3.05) is 13.7 Å². The number of rotatable bonds is 9. The first-order valence-corrected chi connectivity index (χ1v) is 21.4. The number of Topliss-reactive ketones (excluding diaryl/α,β-unsaturated/α-hetero) is 1. The highest BCUT2D eigenvalue weighted by molar-refractivity contribution is 7.91. The summed E-state index contributed by atoms with van der Waals surface area (Å²) in [7, 11) is -2.76. The number of sulfonamides is 1. The number of nitrogens with one attached hydrogen (secondary N) is 1. The van der Waals surface area contributed by atoms with Crippen molar-refractivity contribution in [1.29, 1.82) is 0 Å². The number of methoxy groups -OCH3 is 1. The van der Waals surface area contributed by atoms with Gasteiger partial charge >= 0.3 is 12.1 Å². The Labute approximate surface area is 341 Å². The van der Waals surface area contributed by atoms with E-state index < -0.39 is 104 Å². The number of benzene rings is 1. The Kier molecular flexibility index (Phi) is 11.9. The molecule has 0 bridgehead atoms. The number of ether oxygens (including phenoxy) is 3. The minimum absolute atomic E-state index is 0.0111. The van der Waals surface area contributed by atoms with Crippen molar-refractivity contribution in [3.63, 3.8) is 0 Å². The number of hydrogen-bond donors (Lipinski definition) is 1. The minimum Gasteiger partial charge on any atom is -0.494 e. The fraction of sp³-hybridized carbons (Fsp3) is 0.659. The highest BCUT2D eigenvalue weighted by atomic mass is 32.2. The first kappa shape index (κ1) is 44.2. The number of hydrogen-bond acceptors (Lipinski definition) is 11. The molecule has 324 valence electrons. The van der Waals surface area contributed by atoms with Crippen LogP contribution in [0.3, 0.4) is 0 Å². The average Bonchev–Trinajstić information content (AvgIpc) is 4.01. The van der Waals surface area contributed by atoms with Gasteiger partial charge < -0.3 is 19.1 Å². The van der Waals surface area contributed by atoms with E-state index in [0.29, 0.717) is 32.1 Å². The van der Waals surface area contributed by atoms with E-state index in [4.69, 9.17) is 14.2 Å². The van der Waals surface area contributed by atoms with E-state index >= 15 is 0 Å². The lowest BCUT2D eigenvalue weighted by Crippen LogP contribution is -2.48. The second-order valence-electron chi connectivity index (χ2n) is 17.7. The van der Waals surface area contributed by atoms with Crippen molar-refractivity contribution < 1.29 is 59.4 Å². The van der Waals surface area contributed by atoms with Crippen molar-refractivity contribution in [3.8, 4) is 11.6 Å². The Morgan fingerprint density at radius 3 is 2.39 bits per heavy atom. The molecule has 0 unspecified atom stereocenters. The molecule has 3 heterocycles. The summed E-state index contributed by atoms with van der Waals surface area (Å²) >= 11 is 0. The molecule has 2 aliphatic heterocycles. The number of aromatic nitrogens is 2. The van der Waals surface area contributed by atoms with Gasteiger partial charge in [-0.15, -0.1) is 0 Å². The number of ketones is 1. The van der Waals surface area contributed by atoms with Crippen LogP contribution in [0.2, 0.25) is 0 Å². The SMILES string of the molecule is COc1cc2nc(O[C@@H]3C[C@H]4C(=O)C[C@]5(C(=O)NS(=O)(=O)C6(C)CC6)C[C@H]5/C=C\CC[C@@H](C)C[C@@H](C)[C@H](CC(=O)OC(C)(C)C(F)(F)F)C(=O)N4C3)c(C)nc2cc1F. The molecule has 6 rings (SSSR count). The molecule has 1 saturated heterocycles. The molecule has 2 amide bonds. The van der Waals surface area contributed by atoms with Crippen LogP contribution in [0, 0.1) is 41.8 Å². The smallest absolute Gasteiger partial charge is 0.427 e. The number of carbonyl (C=O) groups is 4. The molecule has 0 radical (unpaired) electrons. The van der Waals surface area contributed by atoms with E-state index in [-0.39, 0.29) is 53.7 Å². The summed E-state index contributed by atoms with van der Waals surface area (Å²) in [5.74, 6) is -6.20. The van der Waals surface area contributed by atoms with Crippen LogP contribution >= 0.6 is 0 Å². The number of allylic oxidation sites excluding steroid dienone is 2. The van der Waals surface area contributed by atoms with Crippen LogP contribution in [0.1, 0.15) is 98.1 Å². The number of nitrogens with zero attached hydrogens (tertiary/aromatic N) is 3. The van der Waals surface area contributed by atoms with Gasteiger partial charge in [-0.25, -0.2) is 22.8 Å². The zero-order valence-electron chi connectivity index (χ0n) is 34.3. The predicted molar refractivity (Wildman–Crippen MR) is 206 cm³/mol.